The van der Waals surface area contributed by atoms with E-state index < -0.39 is 0 Å². The van der Waals surface area contributed by atoms with Crippen LogP contribution in [-0.4, -0.2) is 12.5 Å². The van der Waals surface area contributed by atoms with Gasteiger partial charge in [0.05, 0.1) is 5.92 Å². The predicted molar refractivity (Wildman–Crippen MR) is 90.0 cm³/mol. The number of hydrogen-bond acceptors (Lipinski definition) is 3. The van der Waals surface area contributed by atoms with E-state index in [1.807, 2.05) is 0 Å². The molecule has 0 aliphatic rings. The van der Waals surface area contributed by atoms with Gasteiger partial charge in [0, 0.05) is 6.54 Å². The molecule has 3 nitrogen and oxygen atoms in total. The summed E-state index contributed by atoms with van der Waals surface area (Å²) in [5.41, 5.74) is 2.85. The number of carbonyl (C=O) groups excluding carboxylic acids is 1. The molecule has 1 unspecified atom stereocenters. The van der Waals surface area contributed by atoms with Crippen LogP contribution in [0, 0.1) is 5.92 Å². The number of rotatable bonds is 15. The molecule has 0 saturated heterocycles. The van der Waals surface area contributed by atoms with E-state index in [2.05, 4.69) is 26.3 Å². The Hall–Kier alpha value is -0.570. The minimum Gasteiger partial charge on any atom is -0.370 e. The Labute approximate surface area is 132 Å². The Kier molecular flexibility index (Phi) is 15.4. The van der Waals surface area contributed by atoms with Crippen LogP contribution in [0.1, 0.15) is 97.8 Å². The molecule has 0 rings (SSSR count). The zero-order chi connectivity index (χ0) is 15.8. The van der Waals surface area contributed by atoms with Gasteiger partial charge < -0.3 is 4.84 Å². The lowest BCUT2D eigenvalue weighted by Crippen LogP contribution is -2.26. The highest BCUT2D eigenvalue weighted by atomic mass is 16.7. The van der Waals surface area contributed by atoms with E-state index in [4.69, 9.17) is 4.84 Å². The lowest BCUT2D eigenvalue weighted by atomic mass is 9.97. The largest absolute Gasteiger partial charge is 0.370 e. The molecular formula is C18H37NO2. The fraction of sp³-hybridized carbons (Fsp3) is 0.944. The third-order valence-corrected chi connectivity index (χ3v) is 3.93. The molecule has 0 aliphatic carbocycles. The second-order valence-corrected chi connectivity index (χ2v) is 6.06. The second kappa shape index (κ2) is 15.8. The van der Waals surface area contributed by atoms with Crippen LogP contribution in [0.15, 0.2) is 0 Å². The normalized spacial score (nSPS) is 12.3. The summed E-state index contributed by atoms with van der Waals surface area (Å²) in [5, 5.41) is 0. The van der Waals surface area contributed by atoms with E-state index in [1.54, 1.807) is 0 Å². The van der Waals surface area contributed by atoms with Gasteiger partial charge >= 0.3 is 5.97 Å². The molecule has 0 radical (unpaired) electrons. The SMILES string of the molecule is CCCCCCCCCNOC(=O)C(CCC)CCCC. The lowest BCUT2D eigenvalue weighted by Gasteiger charge is -2.14. The number of hydrogen-bond donors (Lipinski definition) is 1. The molecule has 126 valence electrons. The Bertz CT molecular complexity index is 231. The molecule has 0 bridgehead atoms. The minimum atomic E-state index is -0.0618. The Morgan fingerprint density at radius 2 is 1.43 bits per heavy atom. The van der Waals surface area contributed by atoms with E-state index in [1.165, 1.54) is 38.5 Å². The molecule has 21 heavy (non-hydrogen) atoms. The van der Waals surface area contributed by atoms with Crippen LogP contribution in [0.25, 0.3) is 0 Å². The fourth-order valence-electron chi connectivity index (χ4n) is 2.54. The lowest BCUT2D eigenvalue weighted by molar-refractivity contribution is -0.156. The summed E-state index contributed by atoms with van der Waals surface area (Å²) in [4.78, 5) is 17.2. The van der Waals surface area contributed by atoms with Crippen LogP contribution >= 0.6 is 0 Å². The highest BCUT2D eigenvalue weighted by molar-refractivity contribution is 5.72. The first-order valence-corrected chi connectivity index (χ1v) is 9.19. The second-order valence-electron chi connectivity index (χ2n) is 6.06. The number of hydroxylamine groups is 1. The van der Waals surface area contributed by atoms with Crippen molar-refractivity contribution < 1.29 is 9.63 Å². The van der Waals surface area contributed by atoms with Crippen LogP contribution in [-0.2, 0) is 9.63 Å². The van der Waals surface area contributed by atoms with Gasteiger partial charge in [-0.2, -0.15) is 5.48 Å². The first kappa shape index (κ1) is 20.4. The zero-order valence-corrected chi connectivity index (χ0v) is 14.6. The van der Waals surface area contributed by atoms with E-state index in [-0.39, 0.29) is 11.9 Å². The molecule has 0 aromatic rings. The molecular weight excluding hydrogens is 262 g/mol. The molecule has 0 saturated carbocycles. The van der Waals surface area contributed by atoms with E-state index in [9.17, 15) is 4.79 Å². The van der Waals surface area contributed by atoms with Crippen LogP contribution < -0.4 is 5.48 Å². The third kappa shape index (κ3) is 12.9. The summed E-state index contributed by atoms with van der Waals surface area (Å²) in [7, 11) is 0. The molecule has 0 aliphatic heterocycles. The molecule has 1 N–H and O–H groups in total. The van der Waals surface area contributed by atoms with Crippen molar-refractivity contribution in [2.24, 2.45) is 5.92 Å². The van der Waals surface area contributed by atoms with Crippen molar-refractivity contribution >= 4 is 5.97 Å². The van der Waals surface area contributed by atoms with Gasteiger partial charge in [-0.25, -0.2) is 0 Å². The van der Waals surface area contributed by atoms with E-state index >= 15 is 0 Å². The molecule has 0 aromatic heterocycles. The summed E-state index contributed by atoms with van der Waals surface area (Å²) < 4.78 is 0. The summed E-state index contributed by atoms with van der Waals surface area (Å²) in [5.74, 6) is 0.0183. The summed E-state index contributed by atoms with van der Waals surface area (Å²) in [6.45, 7) is 7.31. The zero-order valence-electron chi connectivity index (χ0n) is 14.6. The van der Waals surface area contributed by atoms with Gasteiger partial charge in [0.25, 0.3) is 0 Å². The number of carbonyl (C=O) groups is 1. The van der Waals surface area contributed by atoms with Crippen molar-refractivity contribution in [3.05, 3.63) is 0 Å². The van der Waals surface area contributed by atoms with Crippen molar-refractivity contribution in [2.45, 2.75) is 97.8 Å². The molecule has 1 atom stereocenters. The van der Waals surface area contributed by atoms with Crippen LogP contribution in [0.4, 0.5) is 0 Å². The van der Waals surface area contributed by atoms with Crippen LogP contribution in [0.2, 0.25) is 0 Å². The van der Waals surface area contributed by atoms with Crippen LogP contribution in [0.5, 0.6) is 0 Å². The maximum Gasteiger partial charge on any atom is 0.327 e. The monoisotopic (exact) mass is 299 g/mol. The van der Waals surface area contributed by atoms with Crippen molar-refractivity contribution in [1.82, 2.24) is 5.48 Å². The smallest absolute Gasteiger partial charge is 0.327 e. The van der Waals surface area contributed by atoms with Gasteiger partial charge in [-0.05, 0) is 19.3 Å². The average Bonchev–Trinajstić information content (AvgIpc) is 2.49. The summed E-state index contributed by atoms with van der Waals surface area (Å²) in [6, 6.07) is 0. The molecule has 0 spiro atoms. The predicted octanol–water partition coefficient (Wildman–Crippen LogP) is 5.39. The summed E-state index contributed by atoms with van der Waals surface area (Å²) in [6.07, 6.45) is 14.1. The average molecular weight is 299 g/mol. The Morgan fingerprint density at radius 3 is 2.05 bits per heavy atom. The van der Waals surface area contributed by atoms with Gasteiger partial charge in [-0.15, -0.1) is 0 Å². The minimum absolute atomic E-state index is 0.0618. The maximum absolute atomic E-state index is 12.0. The highest BCUT2D eigenvalue weighted by Crippen LogP contribution is 2.16. The maximum atomic E-state index is 12.0. The van der Waals surface area contributed by atoms with Gasteiger partial charge in [-0.1, -0.05) is 78.6 Å². The van der Waals surface area contributed by atoms with Gasteiger partial charge in [0.15, 0.2) is 0 Å². The van der Waals surface area contributed by atoms with Crippen molar-refractivity contribution in [3.63, 3.8) is 0 Å². The number of unbranched alkanes of at least 4 members (excludes halogenated alkanes) is 7. The van der Waals surface area contributed by atoms with Crippen LogP contribution in [0.3, 0.4) is 0 Å². The molecule has 0 fully saturated rings. The third-order valence-electron chi connectivity index (χ3n) is 3.93. The Balaban J connectivity index is 3.53. The number of nitrogens with one attached hydrogen (secondary N) is 1. The van der Waals surface area contributed by atoms with E-state index in [0.29, 0.717) is 0 Å². The standard InChI is InChI=1S/C18H37NO2/c1-4-7-9-10-11-12-13-16-19-21-18(20)17(14-6-3)15-8-5-2/h17,19H,4-16H2,1-3H3. The fourth-order valence-corrected chi connectivity index (χ4v) is 2.54. The molecule has 0 heterocycles. The van der Waals surface area contributed by atoms with Gasteiger partial charge in [0.1, 0.15) is 0 Å². The summed E-state index contributed by atoms with van der Waals surface area (Å²) >= 11 is 0. The first-order valence-electron chi connectivity index (χ1n) is 9.19. The van der Waals surface area contributed by atoms with Crippen molar-refractivity contribution in [3.8, 4) is 0 Å². The molecule has 3 heteroatoms. The molecule has 0 aromatic carbocycles. The van der Waals surface area contributed by atoms with Gasteiger partial charge in [0.2, 0.25) is 0 Å². The first-order chi connectivity index (χ1) is 10.3. The highest BCUT2D eigenvalue weighted by Gasteiger charge is 2.18. The van der Waals surface area contributed by atoms with E-state index in [0.717, 1.165) is 45.1 Å². The quantitative estimate of drug-likeness (QED) is 0.325. The van der Waals surface area contributed by atoms with Gasteiger partial charge in [-0.3, -0.25) is 4.79 Å². The van der Waals surface area contributed by atoms with Crippen molar-refractivity contribution in [1.29, 1.82) is 0 Å². The topological polar surface area (TPSA) is 38.3 Å². The molecule has 0 amide bonds. The van der Waals surface area contributed by atoms with Crippen molar-refractivity contribution in [2.75, 3.05) is 6.54 Å². The Morgan fingerprint density at radius 1 is 0.810 bits per heavy atom.